The highest BCUT2D eigenvalue weighted by Gasteiger charge is 2.32. The first-order valence-electron chi connectivity index (χ1n) is 5.49. The van der Waals surface area contributed by atoms with Crippen LogP contribution in [0.4, 0.5) is 11.4 Å². The molecule has 1 aliphatic rings. The van der Waals surface area contributed by atoms with Gasteiger partial charge in [0.1, 0.15) is 0 Å². The van der Waals surface area contributed by atoms with E-state index in [9.17, 15) is 8.42 Å². The Kier molecular flexibility index (Phi) is 2.30. The molecule has 0 spiro atoms. The Balaban J connectivity index is 2.11. The number of aromatic amines is 1. The summed E-state index contributed by atoms with van der Waals surface area (Å²) >= 11 is 0. The molecule has 94 valence electrons. The van der Waals surface area contributed by atoms with E-state index in [0.29, 0.717) is 24.3 Å². The van der Waals surface area contributed by atoms with Gasteiger partial charge >= 0.3 is 0 Å². The van der Waals surface area contributed by atoms with E-state index >= 15 is 0 Å². The summed E-state index contributed by atoms with van der Waals surface area (Å²) in [6.45, 7) is 0.408. The third kappa shape index (κ3) is 1.47. The normalized spacial score (nSPS) is 14.8. The van der Waals surface area contributed by atoms with Crippen molar-refractivity contribution in [3.8, 4) is 0 Å². The number of nitrogen functional groups attached to an aromatic ring is 1. The van der Waals surface area contributed by atoms with Crippen molar-refractivity contribution in [3.05, 3.63) is 36.3 Å². The lowest BCUT2D eigenvalue weighted by Crippen LogP contribution is -2.29. The van der Waals surface area contributed by atoms with Gasteiger partial charge in [-0.15, -0.1) is 0 Å². The zero-order valence-electron chi connectivity index (χ0n) is 9.50. The van der Waals surface area contributed by atoms with Crippen LogP contribution < -0.4 is 10.0 Å². The van der Waals surface area contributed by atoms with E-state index in [1.165, 1.54) is 16.8 Å². The number of hydrogen-bond donors (Lipinski definition) is 2. The summed E-state index contributed by atoms with van der Waals surface area (Å²) in [5, 5.41) is 0.0952. The molecule has 0 saturated carbocycles. The summed E-state index contributed by atoms with van der Waals surface area (Å²) < 4.78 is 26.1. The van der Waals surface area contributed by atoms with Crippen molar-refractivity contribution in [3.63, 3.8) is 0 Å². The standard InChI is InChI=1S/C11H12N4O2S/c12-9-2-1-3-10-8(9)4-5-15(10)18(16,17)11-6-13-7-14-11/h1-3,6-7H,4-5,12H2,(H,13,14). The van der Waals surface area contributed by atoms with Crippen molar-refractivity contribution in [2.24, 2.45) is 0 Å². The molecule has 1 aliphatic heterocycles. The molecule has 0 fully saturated rings. The summed E-state index contributed by atoms with van der Waals surface area (Å²) in [4.78, 5) is 6.38. The smallest absolute Gasteiger partial charge is 0.281 e. The average Bonchev–Trinajstić information content (AvgIpc) is 2.99. The van der Waals surface area contributed by atoms with Crippen molar-refractivity contribution in [1.29, 1.82) is 0 Å². The summed E-state index contributed by atoms with van der Waals surface area (Å²) in [5.41, 5.74) is 8.03. The molecule has 0 bridgehead atoms. The molecule has 18 heavy (non-hydrogen) atoms. The van der Waals surface area contributed by atoms with E-state index in [1.807, 2.05) is 0 Å². The molecule has 0 amide bonds. The molecule has 1 aromatic heterocycles. The Labute approximate surface area is 105 Å². The van der Waals surface area contributed by atoms with Gasteiger partial charge in [-0.1, -0.05) is 6.07 Å². The Morgan fingerprint density at radius 1 is 1.39 bits per heavy atom. The minimum atomic E-state index is -3.57. The van der Waals surface area contributed by atoms with Crippen molar-refractivity contribution in [2.75, 3.05) is 16.6 Å². The highest BCUT2D eigenvalue weighted by molar-refractivity contribution is 7.92. The van der Waals surface area contributed by atoms with Crippen LogP contribution in [-0.4, -0.2) is 24.9 Å². The fourth-order valence-corrected chi connectivity index (χ4v) is 3.58. The first kappa shape index (κ1) is 11.1. The Bertz CT molecular complexity index is 679. The number of nitrogens with zero attached hydrogens (tertiary/aromatic N) is 2. The lowest BCUT2D eigenvalue weighted by Gasteiger charge is -2.18. The number of hydrogen-bond acceptors (Lipinski definition) is 4. The molecule has 3 N–H and O–H groups in total. The van der Waals surface area contributed by atoms with Crippen LogP contribution in [0.1, 0.15) is 5.56 Å². The molecule has 2 heterocycles. The van der Waals surface area contributed by atoms with Gasteiger partial charge in [-0.2, -0.15) is 8.42 Å². The second-order valence-corrected chi connectivity index (χ2v) is 5.92. The van der Waals surface area contributed by atoms with Crippen molar-refractivity contribution < 1.29 is 8.42 Å². The van der Waals surface area contributed by atoms with Gasteiger partial charge in [0.15, 0.2) is 5.03 Å². The van der Waals surface area contributed by atoms with Crippen LogP contribution in [0.5, 0.6) is 0 Å². The maximum Gasteiger partial charge on any atom is 0.281 e. The summed E-state index contributed by atoms with van der Waals surface area (Å²) in [6.07, 6.45) is 3.29. The number of aromatic nitrogens is 2. The van der Waals surface area contributed by atoms with Gasteiger partial charge in [0.2, 0.25) is 0 Å². The third-order valence-electron chi connectivity index (χ3n) is 3.06. The molecule has 0 aliphatic carbocycles. The first-order chi connectivity index (χ1) is 8.60. The van der Waals surface area contributed by atoms with E-state index in [4.69, 9.17) is 5.73 Å². The second-order valence-electron chi connectivity index (χ2n) is 4.09. The number of benzene rings is 1. The maximum absolute atomic E-state index is 12.4. The molecular formula is C11H12N4O2S. The molecular weight excluding hydrogens is 252 g/mol. The molecule has 0 saturated heterocycles. The van der Waals surface area contributed by atoms with E-state index in [1.54, 1.807) is 18.2 Å². The van der Waals surface area contributed by atoms with E-state index in [0.717, 1.165) is 5.56 Å². The minimum Gasteiger partial charge on any atom is -0.398 e. The summed E-state index contributed by atoms with van der Waals surface area (Å²) in [5.74, 6) is 0. The molecule has 2 aromatic rings. The SMILES string of the molecule is Nc1cccc2c1CCN2S(=O)(=O)c1cnc[nH]1. The van der Waals surface area contributed by atoms with Crippen molar-refractivity contribution in [2.45, 2.75) is 11.4 Å². The number of H-pyrrole nitrogens is 1. The second kappa shape index (κ2) is 3.74. The minimum absolute atomic E-state index is 0.0952. The van der Waals surface area contributed by atoms with Gasteiger partial charge in [0.25, 0.3) is 10.0 Å². The predicted molar refractivity (Wildman–Crippen MR) is 67.7 cm³/mol. The van der Waals surface area contributed by atoms with Gasteiger partial charge in [-0.05, 0) is 18.6 Å². The number of nitrogens with two attached hydrogens (primary N) is 1. The molecule has 7 heteroatoms. The van der Waals surface area contributed by atoms with Crippen LogP contribution in [0, 0.1) is 0 Å². The number of fused-ring (bicyclic) bond motifs is 1. The molecule has 0 atom stereocenters. The Morgan fingerprint density at radius 3 is 2.94 bits per heavy atom. The summed E-state index contributed by atoms with van der Waals surface area (Å²) in [7, 11) is -3.57. The predicted octanol–water partition coefficient (Wildman–Crippen LogP) is 0.743. The third-order valence-corrected chi connectivity index (χ3v) is 4.80. The first-order valence-corrected chi connectivity index (χ1v) is 6.93. The van der Waals surface area contributed by atoms with Crippen molar-refractivity contribution >= 4 is 21.4 Å². The quantitative estimate of drug-likeness (QED) is 0.783. The fraction of sp³-hybridized carbons (Fsp3) is 0.182. The van der Waals surface area contributed by atoms with Crippen molar-refractivity contribution in [1.82, 2.24) is 9.97 Å². The average molecular weight is 264 g/mol. The van der Waals surface area contributed by atoms with Crippen LogP contribution in [0.3, 0.4) is 0 Å². The lowest BCUT2D eigenvalue weighted by atomic mass is 10.1. The van der Waals surface area contributed by atoms with Gasteiger partial charge in [0, 0.05) is 17.8 Å². The number of imidazole rings is 1. The maximum atomic E-state index is 12.4. The highest BCUT2D eigenvalue weighted by Crippen LogP contribution is 2.35. The molecule has 0 unspecified atom stereocenters. The van der Waals surface area contributed by atoms with Crippen LogP contribution in [0.2, 0.25) is 0 Å². The van der Waals surface area contributed by atoms with Crippen LogP contribution in [0.15, 0.2) is 35.7 Å². The monoisotopic (exact) mass is 264 g/mol. The van der Waals surface area contributed by atoms with Crippen LogP contribution in [-0.2, 0) is 16.4 Å². The van der Waals surface area contributed by atoms with Crippen LogP contribution in [0.25, 0.3) is 0 Å². The summed E-state index contributed by atoms with van der Waals surface area (Å²) in [6, 6.07) is 5.31. The molecule has 6 nitrogen and oxygen atoms in total. The zero-order valence-corrected chi connectivity index (χ0v) is 10.3. The number of nitrogens with one attached hydrogen (secondary N) is 1. The van der Waals surface area contributed by atoms with Gasteiger partial charge in [0.05, 0.1) is 18.2 Å². The van der Waals surface area contributed by atoms with Gasteiger partial charge in [-0.3, -0.25) is 4.31 Å². The van der Waals surface area contributed by atoms with Gasteiger partial charge < -0.3 is 10.7 Å². The Morgan fingerprint density at radius 2 is 2.22 bits per heavy atom. The topological polar surface area (TPSA) is 92.1 Å². The Hall–Kier alpha value is -2.02. The molecule has 0 radical (unpaired) electrons. The van der Waals surface area contributed by atoms with Gasteiger partial charge in [-0.25, -0.2) is 4.98 Å². The molecule has 3 rings (SSSR count). The number of sulfonamides is 1. The van der Waals surface area contributed by atoms with Crippen LogP contribution >= 0.6 is 0 Å². The highest BCUT2D eigenvalue weighted by atomic mass is 32.2. The van der Waals surface area contributed by atoms with E-state index < -0.39 is 10.0 Å². The zero-order chi connectivity index (χ0) is 12.8. The lowest BCUT2D eigenvalue weighted by molar-refractivity contribution is 0.589. The number of rotatable bonds is 2. The van der Waals surface area contributed by atoms with E-state index in [2.05, 4.69) is 9.97 Å². The molecule has 1 aromatic carbocycles. The van der Waals surface area contributed by atoms with E-state index in [-0.39, 0.29) is 5.03 Å². The number of anilines is 2. The largest absolute Gasteiger partial charge is 0.398 e. The fourth-order valence-electron chi connectivity index (χ4n) is 2.18.